The molecule has 8 heteroatoms. The van der Waals surface area contributed by atoms with Crippen LogP contribution in [-0.2, 0) is 0 Å². The lowest BCUT2D eigenvalue weighted by Gasteiger charge is -2.08. The smallest absolute Gasteiger partial charge is 0.306 e. The fourth-order valence-electron chi connectivity index (χ4n) is 1.64. The molecular formula is C13H7BrF2N2O3. The molecule has 0 heterocycles. The fourth-order valence-corrected chi connectivity index (χ4v) is 2.16. The van der Waals surface area contributed by atoms with E-state index in [1.54, 1.807) is 0 Å². The van der Waals surface area contributed by atoms with Crippen LogP contribution in [0.4, 0.5) is 20.2 Å². The van der Waals surface area contributed by atoms with E-state index in [1.165, 1.54) is 12.1 Å². The summed E-state index contributed by atoms with van der Waals surface area (Å²) < 4.78 is 27.0. The van der Waals surface area contributed by atoms with Crippen molar-refractivity contribution in [2.45, 2.75) is 0 Å². The molecule has 0 saturated carbocycles. The van der Waals surface area contributed by atoms with Crippen LogP contribution in [0.2, 0.25) is 0 Å². The standard InChI is InChI=1S/C13H7BrF2N2O3/c14-8-2-1-3-10(16)12(8)13(19)17-7-4-5-9(15)11(6-7)18(20)21/h1-6H,(H,17,19). The van der Waals surface area contributed by atoms with Crippen LogP contribution in [0.25, 0.3) is 0 Å². The Hall–Kier alpha value is -2.35. The van der Waals surface area contributed by atoms with Gasteiger partial charge in [0, 0.05) is 16.2 Å². The lowest BCUT2D eigenvalue weighted by molar-refractivity contribution is -0.387. The number of anilines is 1. The third kappa shape index (κ3) is 3.22. The minimum absolute atomic E-state index is 0.0109. The number of rotatable bonds is 3. The van der Waals surface area contributed by atoms with Crippen LogP contribution in [0, 0.1) is 21.7 Å². The molecular weight excluding hydrogens is 350 g/mol. The second-order valence-electron chi connectivity index (χ2n) is 3.97. The van der Waals surface area contributed by atoms with Gasteiger partial charge in [-0.3, -0.25) is 14.9 Å². The molecule has 1 N–H and O–H groups in total. The van der Waals surface area contributed by atoms with Crippen molar-refractivity contribution in [1.29, 1.82) is 0 Å². The SMILES string of the molecule is O=C(Nc1ccc(F)c([N+](=O)[O-])c1)c1c(F)cccc1Br. The second kappa shape index (κ2) is 5.96. The average Bonchev–Trinajstić information content (AvgIpc) is 2.40. The van der Waals surface area contributed by atoms with Gasteiger partial charge in [-0.25, -0.2) is 4.39 Å². The lowest BCUT2D eigenvalue weighted by Crippen LogP contribution is -2.14. The monoisotopic (exact) mass is 356 g/mol. The molecule has 0 atom stereocenters. The van der Waals surface area contributed by atoms with Gasteiger partial charge in [0.2, 0.25) is 5.82 Å². The minimum atomic E-state index is -1.02. The summed E-state index contributed by atoms with van der Waals surface area (Å²) in [5.41, 5.74) is -1.03. The molecule has 0 spiro atoms. The Bertz CT molecular complexity index is 717. The zero-order valence-corrected chi connectivity index (χ0v) is 11.9. The van der Waals surface area contributed by atoms with Gasteiger partial charge in [0.1, 0.15) is 5.82 Å². The van der Waals surface area contributed by atoms with Crippen LogP contribution in [0.3, 0.4) is 0 Å². The Labute approximate surface area is 125 Å². The highest BCUT2D eigenvalue weighted by Gasteiger charge is 2.18. The van der Waals surface area contributed by atoms with Crippen molar-refractivity contribution in [2.24, 2.45) is 0 Å². The summed E-state index contributed by atoms with van der Waals surface area (Å²) >= 11 is 3.04. The molecule has 2 aromatic carbocycles. The largest absolute Gasteiger partial charge is 0.322 e. The van der Waals surface area contributed by atoms with E-state index < -0.39 is 28.2 Å². The Morgan fingerprint density at radius 2 is 1.90 bits per heavy atom. The second-order valence-corrected chi connectivity index (χ2v) is 4.83. The van der Waals surface area contributed by atoms with Crippen LogP contribution >= 0.6 is 15.9 Å². The van der Waals surface area contributed by atoms with Crippen molar-refractivity contribution in [3.63, 3.8) is 0 Å². The van der Waals surface area contributed by atoms with Crippen molar-refractivity contribution >= 4 is 33.2 Å². The Balaban J connectivity index is 2.32. The van der Waals surface area contributed by atoms with Gasteiger partial charge in [-0.05, 0) is 40.2 Å². The molecule has 0 radical (unpaired) electrons. The van der Waals surface area contributed by atoms with Gasteiger partial charge in [0.25, 0.3) is 5.91 Å². The number of hydrogen-bond donors (Lipinski definition) is 1. The summed E-state index contributed by atoms with van der Waals surface area (Å²) in [6, 6.07) is 6.86. The molecule has 1 amide bonds. The number of amides is 1. The van der Waals surface area contributed by atoms with Gasteiger partial charge in [-0.15, -0.1) is 0 Å². The summed E-state index contributed by atoms with van der Waals surface area (Å²) in [6.45, 7) is 0. The zero-order valence-electron chi connectivity index (χ0n) is 10.3. The van der Waals surface area contributed by atoms with Gasteiger partial charge in [-0.1, -0.05) is 6.07 Å². The molecule has 0 bridgehead atoms. The van der Waals surface area contributed by atoms with Crippen LogP contribution in [0.5, 0.6) is 0 Å². The number of carbonyl (C=O) groups excluding carboxylic acids is 1. The Morgan fingerprint density at radius 1 is 1.19 bits per heavy atom. The molecule has 5 nitrogen and oxygen atoms in total. The highest BCUT2D eigenvalue weighted by molar-refractivity contribution is 9.10. The quantitative estimate of drug-likeness (QED) is 0.669. The maximum absolute atomic E-state index is 13.6. The summed E-state index contributed by atoms with van der Waals surface area (Å²) in [5.74, 6) is -2.58. The molecule has 2 aromatic rings. The number of hydrogen-bond acceptors (Lipinski definition) is 3. The van der Waals surface area contributed by atoms with E-state index in [-0.39, 0.29) is 15.7 Å². The van der Waals surface area contributed by atoms with Gasteiger partial charge in [-0.2, -0.15) is 4.39 Å². The topological polar surface area (TPSA) is 72.2 Å². The van der Waals surface area contributed by atoms with E-state index in [2.05, 4.69) is 21.2 Å². The maximum atomic E-state index is 13.6. The van der Waals surface area contributed by atoms with Gasteiger partial charge >= 0.3 is 5.69 Å². The first-order valence-corrected chi connectivity index (χ1v) is 6.38. The van der Waals surface area contributed by atoms with E-state index in [9.17, 15) is 23.7 Å². The van der Waals surface area contributed by atoms with Crippen molar-refractivity contribution in [2.75, 3.05) is 5.32 Å². The summed E-state index contributed by atoms with van der Waals surface area (Å²) in [7, 11) is 0. The molecule has 0 unspecified atom stereocenters. The molecule has 0 saturated heterocycles. The normalized spacial score (nSPS) is 10.2. The number of nitrogens with one attached hydrogen (secondary N) is 1. The zero-order chi connectivity index (χ0) is 15.6. The Kier molecular flexibility index (Phi) is 4.27. The molecule has 0 fully saturated rings. The first-order valence-electron chi connectivity index (χ1n) is 5.59. The Morgan fingerprint density at radius 3 is 2.52 bits per heavy atom. The molecule has 2 rings (SSSR count). The number of nitro groups is 1. The first kappa shape index (κ1) is 15.0. The number of benzene rings is 2. The molecule has 108 valence electrons. The highest BCUT2D eigenvalue weighted by atomic mass is 79.9. The highest BCUT2D eigenvalue weighted by Crippen LogP contribution is 2.24. The number of halogens is 3. The van der Waals surface area contributed by atoms with E-state index in [1.807, 2.05) is 0 Å². The first-order chi connectivity index (χ1) is 9.90. The molecule has 0 aliphatic carbocycles. The predicted molar refractivity (Wildman–Crippen MR) is 75.1 cm³/mol. The van der Waals surface area contributed by atoms with Gasteiger partial charge < -0.3 is 5.32 Å². The number of carbonyl (C=O) groups is 1. The van der Waals surface area contributed by atoms with Crippen LogP contribution in [0.15, 0.2) is 40.9 Å². The summed E-state index contributed by atoms with van der Waals surface area (Å²) in [6.07, 6.45) is 0. The van der Waals surface area contributed by atoms with Crippen molar-refractivity contribution < 1.29 is 18.5 Å². The van der Waals surface area contributed by atoms with Gasteiger partial charge in [0.05, 0.1) is 10.5 Å². The van der Waals surface area contributed by atoms with Crippen LogP contribution in [0.1, 0.15) is 10.4 Å². The molecule has 21 heavy (non-hydrogen) atoms. The molecule has 0 aromatic heterocycles. The van der Waals surface area contributed by atoms with Crippen molar-refractivity contribution in [3.8, 4) is 0 Å². The third-order valence-corrected chi connectivity index (χ3v) is 3.25. The van der Waals surface area contributed by atoms with Crippen LogP contribution in [-0.4, -0.2) is 10.8 Å². The van der Waals surface area contributed by atoms with Crippen molar-refractivity contribution in [3.05, 3.63) is 68.2 Å². The number of nitrogens with zero attached hydrogens (tertiary/aromatic N) is 1. The van der Waals surface area contributed by atoms with E-state index in [0.717, 1.165) is 24.3 Å². The third-order valence-electron chi connectivity index (χ3n) is 2.59. The van der Waals surface area contributed by atoms with E-state index >= 15 is 0 Å². The van der Waals surface area contributed by atoms with E-state index in [4.69, 9.17) is 0 Å². The maximum Gasteiger partial charge on any atom is 0.306 e. The average molecular weight is 357 g/mol. The summed E-state index contributed by atoms with van der Waals surface area (Å²) in [5, 5.41) is 12.9. The minimum Gasteiger partial charge on any atom is -0.322 e. The molecule has 0 aliphatic heterocycles. The fraction of sp³-hybridized carbons (Fsp3) is 0. The number of nitro benzene ring substituents is 1. The lowest BCUT2D eigenvalue weighted by atomic mass is 10.2. The summed E-state index contributed by atoms with van der Waals surface area (Å²) in [4.78, 5) is 21.7. The van der Waals surface area contributed by atoms with E-state index in [0.29, 0.717) is 0 Å². The van der Waals surface area contributed by atoms with Crippen LogP contribution < -0.4 is 5.32 Å². The van der Waals surface area contributed by atoms with Gasteiger partial charge in [0.15, 0.2) is 0 Å². The predicted octanol–water partition coefficient (Wildman–Crippen LogP) is 3.89. The van der Waals surface area contributed by atoms with Crippen molar-refractivity contribution in [1.82, 2.24) is 0 Å². The molecule has 0 aliphatic rings.